The van der Waals surface area contributed by atoms with Crippen molar-refractivity contribution in [2.75, 3.05) is 19.6 Å². The number of carbonyl (C=O) groups is 2. The average molecular weight is 271 g/mol. The van der Waals surface area contributed by atoms with Gasteiger partial charge in [-0.25, -0.2) is 4.79 Å². The van der Waals surface area contributed by atoms with Crippen molar-refractivity contribution in [2.45, 2.75) is 24.4 Å². The fraction of sp³-hybridized carbons (Fsp3) is 0.467. The molecule has 2 saturated heterocycles. The van der Waals surface area contributed by atoms with Crippen molar-refractivity contribution in [1.29, 1.82) is 0 Å². The smallest absolute Gasteiger partial charge is 0.312 e. The molecule has 1 aromatic rings. The summed E-state index contributed by atoms with van der Waals surface area (Å²) < 4.78 is 0. The van der Waals surface area contributed by atoms with Gasteiger partial charge in [-0.2, -0.15) is 0 Å². The van der Waals surface area contributed by atoms with Crippen LogP contribution in [-0.2, 0) is 4.79 Å². The number of piperazine rings is 1. The maximum Gasteiger partial charge on any atom is 0.327 e. The topological polar surface area (TPSA) is 52.7 Å². The molecule has 2 heterocycles. The van der Waals surface area contributed by atoms with E-state index in [1.54, 1.807) is 4.90 Å². The second-order valence-corrected chi connectivity index (χ2v) is 5.72. The Morgan fingerprint density at radius 1 is 1.15 bits per heavy atom. The van der Waals surface area contributed by atoms with E-state index in [9.17, 15) is 9.59 Å². The minimum atomic E-state index is -0.284. The number of nitrogens with zero attached hydrogens (tertiary/aromatic N) is 2. The monoisotopic (exact) mass is 271 g/mol. The van der Waals surface area contributed by atoms with Gasteiger partial charge in [-0.3, -0.25) is 9.69 Å². The van der Waals surface area contributed by atoms with Crippen LogP contribution in [0.3, 0.4) is 0 Å². The molecule has 20 heavy (non-hydrogen) atoms. The molecule has 1 saturated carbocycles. The molecule has 5 heteroatoms. The van der Waals surface area contributed by atoms with Crippen LogP contribution in [0.1, 0.15) is 17.9 Å². The molecular weight excluding hydrogens is 254 g/mol. The summed E-state index contributed by atoms with van der Waals surface area (Å²) >= 11 is 0. The van der Waals surface area contributed by atoms with Gasteiger partial charge in [-0.15, -0.1) is 0 Å². The Labute approximate surface area is 117 Å². The molecular formula is C15H17N3O2. The molecule has 1 unspecified atom stereocenters. The fourth-order valence-corrected chi connectivity index (χ4v) is 3.38. The van der Waals surface area contributed by atoms with Crippen molar-refractivity contribution in [3.8, 4) is 0 Å². The lowest BCUT2D eigenvalue weighted by Crippen LogP contribution is -2.51. The van der Waals surface area contributed by atoms with Crippen LogP contribution in [0.25, 0.3) is 0 Å². The zero-order valence-corrected chi connectivity index (χ0v) is 11.2. The number of hydrogen-bond donors (Lipinski definition) is 1. The van der Waals surface area contributed by atoms with Gasteiger partial charge < -0.3 is 10.2 Å². The Morgan fingerprint density at radius 3 is 2.70 bits per heavy atom. The van der Waals surface area contributed by atoms with Crippen LogP contribution in [-0.4, -0.2) is 53.5 Å². The molecule has 4 rings (SSSR count). The highest BCUT2D eigenvalue weighted by atomic mass is 16.2. The summed E-state index contributed by atoms with van der Waals surface area (Å²) in [6, 6.07) is 9.83. The van der Waals surface area contributed by atoms with Crippen LogP contribution in [0.2, 0.25) is 0 Å². The van der Waals surface area contributed by atoms with Crippen molar-refractivity contribution in [1.82, 2.24) is 15.1 Å². The van der Waals surface area contributed by atoms with Gasteiger partial charge in [-0.05, 0) is 12.0 Å². The molecule has 1 aliphatic carbocycles. The van der Waals surface area contributed by atoms with Gasteiger partial charge in [-0.1, -0.05) is 30.3 Å². The van der Waals surface area contributed by atoms with Gasteiger partial charge in [0, 0.05) is 31.6 Å². The SMILES string of the molecule is O=C1C2CNCCN2C(=O)N1[C@H]1C[C@@H]1c1ccccc1. The van der Waals surface area contributed by atoms with E-state index in [1.165, 1.54) is 10.5 Å². The minimum absolute atomic E-state index is 0.0226. The first-order chi connectivity index (χ1) is 9.77. The van der Waals surface area contributed by atoms with E-state index < -0.39 is 0 Å². The maximum atomic E-state index is 12.4. The molecule has 3 atom stereocenters. The number of amides is 3. The van der Waals surface area contributed by atoms with Gasteiger partial charge in [0.1, 0.15) is 6.04 Å². The lowest BCUT2D eigenvalue weighted by atomic mass is 10.1. The van der Waals surface area contributed by atoms with Gasteiger partial charge in [0.2, 0.25) is 0 Å². The highest BCUT2D eigenvalue weighted by molar-refractivity contribution is 6.05. The first-order valence-electron chi connectivity index (χ1n) is 7.16. The molecule has 0 spiro atoms. The Balaban J connectivity index is 1.55. The predicted molar refractivity (Wildman–Crippen MR) is 73.2 cm³/mol. The van der Waals surface area contributed by atoms with Gasteiger partial charge in [0.25, 0.3) is 5.91 Å². The Hall–Kier alpha value is -1.88. The Kier molecular flexibility index (Phi) is 2.57. The molecule has 1 aromatic carbocycles. The highest BCUT2D eigenvalue weighted by Crippen LogP contribution is 2.46. The van der Waals surface area contributed by atoms with Crippen molar-refractivity contribution < 1.29 is 9.59 Å². The number of urea groups is 1. The van der Waals surface area contributed by atoms with E-state index >= 15 is 0 Å². The third-order valence-electron chi connectivity index (χ3n) is 4.53. The molecule has 5 nitrogen and oxygen atoms in total. The predicted octanol–water partition coefficient (Wildman–Crippen LogP) is 0.779. The van der Waals surface area contributed by atoms with Gasteiger partial charge in [0.05, 0.1) is 0 Å². The molecule has 104 valence electrons. The number of rotatable bonds is 2. The van der Waals surface area contributed by atoms with Gasteiger partial charge >= 0.3 is 6.03 Å². The van der Waals surface area contributed by atoms with Crippen molar-refractivity contribution in [3.05, 3.63) is 35.9 Å². The third kappa shape index (κ3) is 1.66. The zero-order chi connectivity index (χ0) is 13.7. The van der Waals surface area contributed by atoms with Crippen LogP contribution in [0.15, 0.2) is 30.3 Å². The van der Waals surface area contributed by atoms with Gasteiger partial charge in [0.15, 0.2) is 0 Å². The summed E-state index contributed by atoms with van der Waals surface area (Å²) in [7, 11) is 0. The summed E-state index contributed by atoms with van der Waals surface area (Å²) in [4.78, 5) is 28.1. The van der Waals surface area contributed by atoms with Crippen LogP contribution in [0, 0.1) is 0 Å². The van der Waals surface area contributed by atoms with E-state index in [0.29, 0.717) is 19.0 Å². The fourth-order valence-electron chi connectivity index (χ4n) is 3.38. The number of benzene rings is 1. The first-order valence-corrected chi connectivity index (χ1v) is 7.16. The molecule has 2 aliphatic heterocycles. The number of nitrogens with one attached hydrogen (secondary N) is 1. The Morgan fingerprint density at radius 2 is 1.95 bits per heavy atom. The van der Waals surface area contributed by atoms with Crippen LogP contribution in [0.5, 0.6) is 0 Å². The van der Waals surface area contributed by atoms with E-state index in [4.69, 9.17) is 0 Å². The zero-order valence-electron chi connectivity index (χ0n) is 11.2. The Bertz CT molecular complexity index is 535. The largest absolute Gasteiger partial charge is 0.327 e. The molecule has 1 N–H and O–H groups in total. The molecule has 0 aromatic heterocycles. The number of carbonyl (C=O) groups excluding carboxylic acids is 2. The quantitative estimate of drug-likeness (QED) is 0.809. The minimum Gasteiger partial charge on any atom is -0.312 e. The number of fused-ring (bicyclic) bond motifs is 1. The molecule has 3 amide bonds. The number of imide groups is 1. The molecule has 3 fully saturated rings. The van der Waals surface area contributed by atoms with Crippen molar-refractivity contribution in [2.24, 2.45) is 0 Å². The van der Waals surface area contributed by atoms with Crippen LogP contribution >= 0.6 is 0 Å². The lowest BCUT2D eigenvalue weighted by Gasteiger charge is -2.26. The standard InChI is InChI=1S/C15H17N3O2/c19-14-13-9-16-6-7-17(13)15(20)18(14)12-8-11(12)10-4-2-1-3-5-10/h1-5,11-13,16H,6-9H2/t11-,12+,13?/m1/s1. The highest BCUT2D eigenvalue weighted by Gasteiger charge is 2.55. The van der Waals surface area contributed by atoms with E-state index in [2.05, 4.69) is 17.4 Å². The number of hydrogen-bond acceptors (Lipinski definition) is 3. The molecule has 3 aliphatic rings. The summed E-state index contributed by atoms with van der Waals surface area (Å²) in [5, 5.41) is 3.19. The average Bonchev–Trinajstić information content (AvgIpc) is 3.24. The van der Waals surface area contributed by atoms with Crippen molar-refractivity contribution >= 4 is 11.9 Å². The van der Waals surface area contributed by atoms with Crippen LogP contribution < -0.4 is 5.32 Å². The summed E-state index contributed by atoms with van der Waals surface area (Å²) in [5.41, 5.74) is 1.22. The van der Waals surface area contributed by atoms with E-state index in [1.807, 2.05) is 18.2 Å². The normalized spacial score (nSPS) is 32.5. The molecule has 0 bridgehead atoms. The first kappa shape index (κ1) is 11.9. The van der Waals surface area contributed by atoms with E-state index in [-0.39, 0.29) is 24.0 Å². The van der Waals surface area contributed by atoms with Crippen molar-refractivity contribution in [3.63, 3.8) is 0 Å². The third-order valence-corrected chi connectivity index (χ3v) is 4.53. The maximum absolute atomic E-state index is 12.4. The van der Waals surface area contributed by atoms with E-state index in [0.717, 1.165) is 13.0 Å². The second kappa shape index (κ2) is 4.31. The lowest BCUT2D eigenvalue weighted by molar-refractivity contribution is -0.128. The second-order valence-electron chi connectivity index (χ2n) is 5.72. The van der Waals surface area contributed by atoms with Crippen LogP contribution in [0.4, 0.5) is 4.79 Å². The molecule has 0 radical (unpaired) electrons. The summed E-state index contributed by atoms with van der Waals surface area (Å²) in [6.07, 6.45) is 0.898. The summed E-state index contributed by atoms with van der Waals surface area (Å²) in [6.45, 7) is 1.99. The summed E-state index contributed by atoms with van der Waals surface area (Å²) in [5.74, 6) is 0.295.